The van der Waals surface area contributed by atoms with E-state index in [0.717, 1.165) is 43.2 Å². The number of hydrogen-bond donors (Lipinski definition) is 0. The van der Waals surface area contributed by atoms with Gasteiger partial charge in [0.2, 0.25) is 0 Å². The predicted molar refractivity (Wildman–Crippen MR) is 135 cm³/mol. The van der Waals surface area contributed by atoms with Crippen LogP contribution in [0.5, 0.6) is 0 Å². The Morgan fingerprint density at radius 3 is 2.63 bits per heavy atom. The average Bonchev–Trinajstić information content (AvgIpc) is 3.16. The average molecular weight is 514 g/mol. The van der Waals surface area contributed by atoms with Crippen LogP contribution in [-0.4, -0.2) is 42.0 Å². The van der Waals surface area contributed by atoms with Crippen molar-refractivity contribution in [2.75, 3.05) is 31.1 Å². The van der Waals surface area contributed by atoms with Gasteiger partial charge in [-0.15, -0.1) is 0 Å². The Morgan fingerprint density at radius 1 is 1.09 bits per heavy atom. The summed E-state index contributed by atoms with van der Waals surface area (Å²) in [7, 11) is 0. The molecule has 3 heterocycles. The molecule has 1 spiro atoms. The molecule has 0 saturated carbocycles. The number of aromatic nitrogens is 1. The summed E-state index contributed by atoms with van der Waals surface area (Å²) in [6, 6.07) is 12.5. The van der Waals surface area contributed by atoms with Gasteiger partial charge in [0.1, 0.15) is 16.8 Å². The van der Waals surface area contributed by atoms with E-state index < -0.39 is 11.6 Å². The molecule has 0 unspecified atom stereocenters. The molecule has 1 amide bonds. The first-order valence-electron chi connectivity index (χ1n) is 11.4. The van der Waals surface area contributed by atoms with Crippen LogP contribution in [0.1, 0.15) is 34.3 Å². The van der Waals surface area contributed by atoms with Crippen molar-refractivity contribution in [2.24, 2.45) is 0 Å². The molecule has 4 nitrogen and oxygen atoms in total. The fourth-order valence-electron chi connectivity index (χ4n) is 5.14. The van der Waals surface area contributed by atoms with Crippen LogP contribution in [0.15, 0.2) is 60.8 Å². The fraction of sp³-hybridized carbons (Fsp3) is 0.259. The fourth-order valence-corrected chi connectivity index (χ4v) is 5.68. The van der Waals surface area contributed by atoms with Gasteiger partial charge in [0.05, 0.1) is 0 Å². The van der Waals surface area contributed by atoms with Crippen molar-refractivity contribution in [1.82, 2.24) is 9.88 Å². The summed E-state index contributed by atoms with van der Waals surface area (Å²) in [5.74, 6) is -1.28. The maximum atomic E-state index is 13.9. The number of benzene rings is 2. The first kappa shape index (κ1) is 23.9. The lowest BCUT2D eigenvalue weighted by Gasteiger charge is -2.39. The number of carbonyl (C=O) groups excluding carboxylic acids is 1. The Bertz CT molecular complexity index is 1310. The molecule has 0 bridgehead atoms. The summed E-state index contributed by atoms with van der Waals surface area (Å²) in [6.07, 6.45) is 6.78. The van der Waals surface area contributed by atoms with Crippen LogP contribution >= 0.6 is 23.2 Å². The summed E-state index contributed by atoms with van der Waals surface area (Å²) in [5, 5.41) is 0.948. The Labute approximate surface area is 212 Å². The Balaban J connectivity index is 1.32. The first-order chi connectivity index (χ1) is 16.9. The van der Waals surface area contributed by atoms with Crippen molar-refractivity contribution < 1.29 is 13.6 Å². The van der Waals surface area contributed by atoms with E-state index in [2.05, 4.69) is 9.88 Å². The molecule has 0 atom stereocenters. The molecular weight excluding hydrogens is 491 g/mol. The van der Waals surface area contributed by atoms with E-state index in [0.29, 0.717) is 29.2 Å². The van der Waals surface area contributed by atoms with E-state index in [1.54, 1.807) is 23.1 Å². The molecule has 35 heavy (non-hydrogen) atoms. The predicted octanol–water partition coefficient (Wildman–Crippen LogP) is 6.37. The summed E-state index contributed by atoms with van der Waals surface area (Å²) in [5.41, 5.74) is 2.49. The van der Waals surface area contributed by atoms with Crippen LogP contribution in [0.25, 0.3) is 6.08 Å². The molecule has 1 fully saturated rings. The van der Waals surface area contributed by atoms with Crippen LogP contribution < -0.4 is 4.90 Å². The Morgan fingerprint density at radius 2 is 1.89 bits per heavy atom. The van der Waals surface area contributed by atoms with Gasteiger partial charge in [-0.3, -0.25) is 9.69 Å². The van der Waals surface area contributed by atoms with Gasteiger partial charge in [0.15, 0.2) is 0 Å². The number of carbonyl (C=O) groups is 1. The number of piperidine rings is 1. The monoisotopic (exact) mass is 513 g/mol. The van der Waals surface area contributed by atoms with E-state index in [-0.39, 0.29) is 16.5 Å². The quantitative estimate of drug-likeness (QED) is 0.380. The van der Waals surface area contributed by atoms with Crippen molar-refractivity contribution in [3.05, 3.63) is 99.3 Å². The van der Waals surface area contributed by atoms with Crippen LogP contribution in [0.4, 0.5) is 14.5 Å². The third kappa shape index (κ3) is 4.70. The third-order valence-corrected chi connectivity index (χ3v) is 7.45. The number of fused-ring (bicyclic) bond motifs is 2. The molecular formula is C27H23Cl2F2N3O. The Hall–Kier alpha value is -2.80. The van der Waals surface area contributed by atoms with Crippen molar-refractivity contribution in [2.45, 2.75) is 18.3 Å². The highest BCUT2D eigenvalue weighted by Crippen LogP contribution is 2.50. The zero-order valence-electron chi connectivity index (χ0n) is 18.9. The van der Waals surface area contributed by atoms with Crippen molar-refractivity contribution in [3.8, 4) is 0 Å². The van der Waals surface area contributed by atoms with Crippen molar-refractivity contribution in [1.29, 1.82) is 0 Å². The lowest BCUT2D eigenvalue weighted by atomic mass is 9.74. The second kappa shape index (κ2) is 9.69. The zero-order chi connectivity index (χ0) is 24.6. The highest BCUT2D eigenvalue weighted by Gasteiger charge is 2.47. The van der Waals surface area contributed by atoms with Gasteiger partial charge in [0, 0.05) is 58.2 Å². The van der Waals surface area contributed by atoms with E-state index in [1.807, 2.05) is 24.3 Å². The van der Waals surface area contributed by atoms with E-state index >= 15 is 0 Å². The van der Waals surface area contributed by atoms with E-state index in [1.165, 1.54) is 18.3 Å². The molecule has 0 aliphatic carbocycles. The third-order valence-electron chi connectivity index (χ3n) is 6.93. The standard InChI is InChI=1S/C27H23Cl2F2N3O/c28-21-4-1-5-23-25(21)27(17-34(23)26(35)19-8-11-32-24(29)15-19)9-13-33(14-10-27)12-2-3-18-6-7-20(30)16-22(18)31/h1-8,11,15-16H,9-10,12-14,17H2/b3-2+. The van der Waals surface area contributed by atoms with Crippen molar-refractivity contribution in [3.63, 3.8) is 0 Å². The Kier molecular flexibility index (Phi) is 6.62. The number of nitrogens with zero attached hydrogens (tertiary/aromatic N) is 3. The molecule has 0 N–H and O–H groups in total. The number of halogens is 4. The molecule has 3 aromatic rings. The minimum Gasteiger partial charge on any atom is -0.307 e. The van der Waals surface area contributed by atoms with Crippen LogP contribution in [0, 0.1) is 11.6 Å². The van der Waals surface area contributed by atoms with Gasteiger partial charge in [-0.2, -0.15) is 0 Å². The molecule has 5 rings (SSSR count). The number of likely N-dealkylation sites (tertiary alicyclic amines) is 1. The lowest BCUT2D eigenvalue weighted by molar-refractivity contribution is 0.0977. The maximum Gasteiger partial charge on any atom is 0.258 e. The van der Waals surface area contributed by atoms with Crippen LogP contribution in [0.2, 0.25) is 10.2 Å². The highest BCUT2D eigenvalue weighted by atomic mass is 35.5. The molecule has 1 saturated heterocycles. The normalized spacial score (nSPS) is 17.3. The maximum absolute atomic E-state index is 13.9. The second-order valence-corrected chi connectivity index (χ2v) is 9.84. The van der Waals surface area contributed by atoms with Crippen LogP contribution in [0.3, 0.4) is 0 Å². The summed E-state index contributed by atoms with van der Waals surface area (Å²) in [6.45, 7) is 2.82. The minimum absolute atomic E-state index is 0.124. The van der Waals surface area contributed by atoms with Gasteiger partial charge in [-0.25, -0.2) is 13.8 Å². The summed E-state index contributed by atoms with van der Waals surface area (Å²) < 4.78 is 27.0. The van der Waals surface area contributed by atoms with Gasteiger partial charge < -0.3 is 4.90 Å². The van der Waals surface area contributed by atoms with Crippen LogP contribution in [-0.2, 0) is 5.41 Å². The van der Waals surface area contributed by atoms with Gasteiger partial charge in [0.25, 0.3) is 5.91 Å². The second-order valence-electron chi connectivity index (χ2n) is 9.04. The summed E-state index contributed by atoms with van der Waals surface area (Å²) in [4.78, 5) is 21.5. The lowest BCUT2D eigenvalue weighted by Crippen LogP contribution is -2.46. The SMILES string of the molecule is O=C(c1ccnc(Cl)c1)N1CC2(CCN(C/C=C/c3ccc(F)cc3F)CC2)c2c(Cl)cccc21. The molecule has 2 aliphatic rings. The van der Waals surface area contributed by atoms with E-state index in [4.69, 9.17) is 23.2 Å². The molecule has 2 aromatic carbocycles. The minimum atomic E-state index is -0.587. The number of hydrogen-bond acceptors (Lipinski definition) is 3. The molecule has 1 aromatic heterocycles. The number of rotatable bonds is 4. The summed E-state index contributed by atoms with van der Waals surface area (Å²) >= 11 is 12.7. The van der Waals surface area contributed by atoms with Gasteiger partial charge >= 0.3 is 0 Å². The molecule has 2 aliphatic heterocycles. The smallest absolute Gasteiger partial charge is 0.258 e. The number of pyridine rings is 1. The van der Waals surface area contributed by atoms with Crippen molar-refractivity contribution >= 4 is 40.9 Å². The highest BCUT2D eigenvalue weighted by molar-refractivity contribution is 6.32. The largest absolute Gasteiger partial charge is 0.307 e. The number of amides is 1. The zero-order valence-corrected chi connectivity index (χ0v) is 20.4. The molecule has 8 heteroatoms. The van der Waals surface area contributed by atoms with E-state index in [9.17, 15) is 13.6 Å². The van der Waals surface area contributed by atoms with Gasteiger partial charge in [-0.1, -0.05) is 41.4 Å². The number of anilines is 1. The topological polar surface area (TPSA) is 36.4 Å². The van der Waals surface area contributed by atoms with Gasteiger partial charge in [-0.05, 0) is 62.3 Å². The molecule has 0 radical (unpaired) electrons. The first-order valence-corrected chi connectivity index (χ1v) is 12.2. The molecule has 180 valence electrons.